The third-order valence-electron chi connectivity index (χ3n) is 0. The van der Waals surface area contributed by atoms with E-state index < -0.39 is 0 Å². The van der Waals surface area contributed by atoms with Gasteiger partial charge in [-0.1, -0.05) is 0 Å². The van der Waals surface area contributed by atoms with Crippen molar-refractivity contribution >= 4 is 0 Å². The molecule has 0 aliphatic heterocycles. The fraction of sp³-hybridized carbons (Fsp3) is 0. The minimum atomic E-state index is 0. The van der Waals surface area contributed by atoms with Crippen LogP contribution in [0, 0.1) is 0 Å². The summed E-state index contributed by atoms with van der Waals surface area (Å²) in [5.41, 5.74) is 0. The molecule has 0 fully saturated rings. The molecule has 2 nitrogen and oxygen atoms in total. The van der Waals surface area contributed by atoms with Crippen LogP contribution in [0.1, 0.15) is 0 Å². The van der Waals surface area contributed by atoms with Crippen LogP contribution in [-0.4, -0.2) is 5.48 Å². The minimum absolute atomic E-state index is 0. The van der Waals surface area contributed by atoms with Crippen LogP contribution in [0.25, 0.3) is 0 Å². The molecule has 0 spiro atoms. The Hall–Kier alpha value is 0.773. The van der Waals surface area contributed by atoms with E-state index in [4.69, 9.17) is 3.90 Å². The van der Waals surface area contributed by atoms with Gasteiger partial charge in [-0.3, -0.25) is 0 Å². The monoisotopic (exact) mass is 147 g/mol. The summed E-state index contributed by atoms with van der Waals surface area (Å²) in [6.45, 7) is 0. The molecule has 0 rings (SSSR count). The number of hydrogen-bond acceptors (Lipinski definition) is 1. The summed E-state index contributed by atoms with van der Waals surface area (Å²) in [4.78, 5) is 0. The summed E-state index contributed by atoms with van der Waals surface area (Å²) in [7, 11) is 0. The molecule has 0 bridgehead atoms. The van der Waals surface area contributed by atoms with Crippen LogP contribution in [0.2, 0.25) is 0 Å². The second-order valence-electron chi connectivity index (χ2n) is 0. The van der Waals surface area contributed by atoms with Crippen LogP contribution < -0.4 is 0 Å². The Morgan fingerprint density at radius 2 is 1.25 bits per heavy atom. The van der Waals surface area contributed by atoms with Gasteiger partial charge in [0.25, 0.3) is 0 Å². The zero-order chi connectivity index (χ0) is 2.00. The van der Waals surface area contributed by atoms with Crippen molar-refractivity contribution < 1.29 is 41.8 Å². The molecule has 0 heterocycles. The molecule has 0 aliphatic carbocycles. The molecule has 0 aliphatic rings. The summed E-state index contributed by atoms with van der Waals surface area (Å²) < 4.78 is 7.88. The van der Waals surface area contributed by atoms with Crippen LogP contribution in [0.5, 0.6) is 0 Å². The van der Waals surface area contributed by atoms with Gasteiger partial charge in [0.15, 0.2) is 0 Å². The summed E-state index contributed by atoms with van der Waals surface area (Å²) in [5, 5.41) is 0. The van der Waals surface area contributed by atoms with Crippen LogP contribution in [0.4, 0.5) is 0 Å². The third-order valence-corrected chi connectivity index (χ3v) is 0. The Bertz CT molecular complexity index is 6.00. The number of rotatable bonds is 0. The van der Waals surface area contributed by atoms with Crippen LogP contribution in [0.3, 0.4) is 0 Å². The van der Waals surface area contributed by atoms with Gasteiger partial charge in [0.05, 0.1) is 0 Å². The van der Waals surface area contributed by atoms with E-state index >= 15 is 0 Å². The summed E-state index contributed by atoms with van der Waals surface area (Å²) >= 11 is 2.62. The van der Waals surface area contributed by atoms with Gasteiger partial charge in [-0.15, -0.1) is 0 Å². The van der Waals surface area contributed by atoms with Crippen molar-refractivity contribution in [1.29, 1.82) is 0 Å². The van der Waals surface area contributed by atoms with Crippen molar-refractivity contribution in [3.8, 4) is 0 Å². The zero-order valence-corrected chi connectivity index (χ0v) is 3.77. The topological polar surface area (TPSA) is 48.6 Å². The van der Waals surface area contributed by atoms with E-state index in [1.54, 1.807) is 0 Å². The SMILES string of the molecule is O.[Mn].[O]=[Ni]. The summed E-state index contributed by atoms with van der Waals surface area (Å²) in [6, 6.07) is 0. The predicted octanol–water partition coefficient (Wildman–Crippen LogP) is -0.949. The van der Waals surface area contributed by atoms with Gasteiger partial charge in [0.2, 0.25) is 0 Å². The van der Waals surface area contributed by atoms with E-state index in [0.29, 0.717) is 0 Å². The first kappa shape index (κ1) is 21.6. The third kappa shape index (κ3) is 14.6. The molecule has 2 N–H and O–H groups in total. The first-order chi connectivity index (χ1) is 1.00. The Morgan fingerprint density at radius 1 is 1.25 bits per heavy atom. The van der Waals surface area contributed by atoms with E-state index in [1.165, 1.54) is 0 Å². The average Bonchev–Trinajstić information content (AvgIpc) is 1.00. The summed E-state index contributed by atoms with van der Waals surface area (Å²) in [5.74, 6) is 0. The maximum atomic E-state index is 7.88. The second kappa shape index (κ2) is 48.6. The van der Waals surface area contributed by atoms with Gasteiger partial charge in [0.1, 0.15) is 0 Å². The van der Waals surface area contributed by atoms with Gasteiger partial charge in [0, 0.05) is 17.1 Å². The molecule has 0 atom stereocenters. The van der Waals surface area contributed by atoms with Crippen molar-refractivity contribution in [3.05, 3.63) is 0 Å². The molecule has 4 heavy (non-hydrogen) atoms. The van der Waals surface area contributed by atoms with Crippen molar-refractivity contribution in [3.63, 3.8) is 0 Å². The van der Waals surface area contributed by atoms with Crippen molar-refractivity contribution in [2.75, 3.05) is 0 Å². The van der Waals surface area contributed by atoms with Crippen LogP contribution >= 0.6 is 0 Å². The van der Waals surface area contributed by atoms with Gasteiger partial charge in [-0.25, -0.2) is 0 Å². The van der Waals surface area contributed by atoms with E-state index in [-0.39, 0.29) is 22.5 Å². The molecule has 31 valence electrons. The molecule has 4 heteroatoms. The fourth-order valence-electron chi connectivity index (χ4n) is 0. The second-order valence-corrected chi connectivity index (χ2v) is 0. The van der Waals surface area contributed by atoms with Crippen LogP contribution in [0.15, 0.2) is 0 Å². The molecule has 0 amide bonds. The molecule has 0 unspecified atom stereocenters. The molecular weight excluding hydrogens is 146 g/mol. The predicted molar refractivity (Wildman–Crippen MR) is 4.30 cm³/mol. The van der Waals surface area contributed by atoms with E-state index in [9.17, 15) is 0 Å². The Balaban J connectivity index is -0.00000000500. The average molecular weight is 148 g/mol. The Morgan fingerprint density at radius 3 is 1.25 bits per heavy atom. The maximum absolute atomic E-state index is 7.88. The molecule has 0 saturated carbocycles. The molecule has 0 aromatic carbocycles. The first-order valence-corrected chi connectivity index (χ1v) is 0.532. The Kier molecular flexibility index (Phi) is 262. The van der Waals surface area contributed by atoms with Crippen molar-refractivity contribution in [1.82, 2.24) is 0 Å². The fourth-order valence-corrected chi connectivity index (χ4v) is 0. The molecule has 0 aromatic heterocycles. The van der Waals surface area contributed by atoms with E-state index in [0.717, 1.165) is 0 Å². The summed E-state index contributed by atoms with van der Waals surface area (Å²) in [6.07, 6.45) is 0. The standard InChI is InChI=1S/Mn.Ni.H2O.O/h;;1H2;. The molecule has 1 radical (unpaired) electrons. The van der Waals surface area contributed by atoms with Gasteiger partial charge < -0.3 is 5.48 Å². The quantitative estimate of drug-likeness (QED) is 0.408. The van der Waals surface area contributed by atoms with E-state index in [2.05, 4.69) is 15.4 Å². The first-order valence-electron chi connectivity index (χ1n) is 0.129. The molecule has 0 aromatic rings. The van der Waals surface area contributed by atoms with Gasteiger partial charge >= 0.3 is 19.3 Å². The van der Waals surface area contributed by atoms with E-state index in [1.807, 2.05) is 0 Å². The number of hydrogen-bond donors (Lipinski definition) is 0. The van der Waals surface area contributed by atoms with Crippen molar-refractivity contribution in [2.24, 2.45) is 0 Å². The van der Waals surface area contributed by atoms with Gasteiger partial charge in [-0.2, -0.15) is 0 Å². The molecular formula is H2MnNiO2. The Labute approximate surface area is 42.3 Å². The normalized spacial score (nSPS) is 1.50. The molecule has 0 saturated heterocycles. The van der Waals surface area contributed by atoms with Crippen LogP contribution in [-0.2, 0) is 36.4 Å². The van der Waals surface area contributed by atoms with Gasteiger partial charge in [-0.05, 0) is 0 Å². The zero-order valence-electron chi connectivity index (χ0n) is 1.60. The van der Waals surface area contributed by atoms with Crippen molar-refractivity contribution in [2.45, 2.75) is 0 Å².